The molecule has 1 aromatic rings. The summed E-state index contributed by atoms with van der Waals surface area (Å²) in [4.78, 5) is 24.8. The normalized spacial score (nSPS) is 20.5. The minimum atomic E-state index is -0.422. The van der Waals surface area contributed by atoms with E-state index in [2.05, 4.69) is 5.32 Å². The summed E-state index contributed by atoms with van der Waals surface area (Å²) in [7, 11) is 1.74. The van der Waals surface area contributed by atoms with Crippen LogP contribution in [0.3, 0.4) is 0 Å². The van der Waals surface area contributed by atoms with Crippen molar-refractivity contribution < 1.29 is 14.8 Å². The third kappa shape index (κ3) is 4.23. The highest BCUT2D eigenvalue weighted by atomic mass is 16.6. The smallest absolute Gasteiger partial charge is 0.321 e. The number of aliphatic hydroxyl groups is 1. The van der Waals surface area contributed by atoms with Crippen LogP contribution in [0.2, 0.25) is 0 Å². The van der Waals surface area contributed by atoms with E-state index in [1.807, 2.05) is 6.92 Å². The third-order valence-electron chi connectivity index (χ3n) is 4.86. The molecule has 0 spiro atoms. The Kier molecular flexibility index (Phi) is 6.14. The quantitative estimate of drug-likeness (QED) is 0.638. The number of benzene rings is 1. The Morgan fingerprint density at radius 3 is 2.58 bits per heavy atom. The highest BCUT2D eigenvalue weighted by molar-refractivity contribution is 5.89. The predicted molar refractivity (Wildman–Crippen MR) is 92.1 cm³/mol. The highest BCUT2D eigenvalue weighted by Gasteiger charge is 2.26. The first-order chi connectivity index (χ1) is 11.5. The molecule has 0 heterocycles. The molecule has 132 valence electrons. The molecule has 2 N–H and O–H groups in total. The van der Waals surface area contributed by atoms with Gasteiger partial charge in [-0.25, -0.2) is 4.79 Å². The summed E-state index contributed by atoms with van der Waals surface area (Å²) >= 11 is 0. The van der Waals surface area contributed by atoms with Gasteiger partial charge in [0, 0.05) is 37.0 Å². The number of nitro groups is 1. The molecular weight excluding hydrogens is 310 g/mol. The molecular formula is C17H25N3O4. The lowest BCUT2D eigenvalue weighted by Gasteiger charge is -2.34. The van der Waals surface area contributed by atoms with Gasteiger partial charge in [-0.3, -0.25) is 10.1 Å². The number of aliphatic hydroxyl groups excluding tert-OH is 1. The number of nitro benzene ring substituents is 1. The van der Waals surface area contributed by atoms with Crippen LogP contribution in [0, 0.1) is 16.0 Å². The molecule has 7 heteroatoms. The summed E-state index contributed by atoms with van der Waals surface area (Å²) in [5, 5.41) is 23.1. The van der Waals surface area contributed by atoms with Gasteiger partial charge in [0.25, 0.3) is 5.69 Å². The van der Waals surface area contributed by atoms with E-state index in [1.165, 1.54) is 6.07 Å². The summed E-state index contributed by atoms with van der Waals surface area (Å²) in [6.07, 6.45) is 4.12. The molecule has 0 unspecified atom stereocenters. The van der Waals surface area contributed by atoms with Crippen LogP contribution in [0.25, 0.3) is 0 Å². The predicted octanol–water partition coefficient (Wildman–Crippen LogP) is 3.17. The zero-order valence-corrected chi connectivity index (χ0v) is 14.2. The van der Waals surface area contributed by atoms with Gasteiger partial charge in [0.05, 0.1) is 4.92 Å². The summed E-state index contributed by atoms with van der Waals surface area (Å²) in [6, 6.07) is 4.66. The fourth-order valence-corrected chi connectivity index (χ4v) is 3.20. The number of rotatable bonds is 5. The van der Waals surface area contributed by atoms with E-state index in [0.717, 1.165) is 25.7 Å². The molecule has 0 saturated heterocycles. The largest absolute Gasteiger partial charge is 0.396 e. The van der Waals surface area contributed by atoms with Gasteiger partial charge in [0.1, 0.15) is 0 Å². The molecule has 1 fully saturated rings. The minimum Gasteiger partial charge on any atom is -0.396 e. The maximum absolute atomic E-state index is 12.4. The van der Waals surface area contributed by atoms with Crippen molar-refractivity contribution in [2.45, 2.75) is 45.1 Å². The van der Waals surface area contributed by atoms with Crippen molar-refractivity contribution in [1.29, 1.82) is 0 Å². The molecule has 0 radical (unpaired) electrons. The van der Waals surface area contributed by atoms with Gasteiger partial charge in [0.15, 0.2) is 0 Å². The second kappa shape index (κ2) is 8.10. The van der Waals surface area contributed by atoms with E-state index >= 15 is 0 Å². The fraction of sp³-hybridized carbons (Fsp3) is 0.588. The Labute approximate surface area is 141 Å². The fourth-order valence-electron chi connectivity index (χ4n) is 3.20. The van der Waals surface area contributed by atoms with Gasteiger partial charge >= 0.3 is 6.03 Å². The average molecular weight is 335 g/mol. The summed E-state index contributed by atoms with van der Waals surface area (Å²) in [5.74, 6) is 0.335. The van der Waals surface area contributed by atoms with Gasteiger partial charge in [-0.15, -0.1) is 0 Å². The zero-order chi connectivity index (χ0) is 17.7. The molecule has 1 saturated carbocycles. The Morgan fingerprint density at radius 1 is 1.38 bits per heavy atom. The standard InChI is InChI=1S/C17H25N3O4/c1-3-13-6-7-14(10-16(13)20(23)24)18-17(22)19(2)15-8-4-12(11-21)5-9-15/h6-7,10,12,15,21H,3-5,8-9,11H2,1-2H3,(H,18,22). The van der Waals surface area contributed by atoms with E-state index in [4.69, 9.17) is 0 Å². The van der Waals surface area contributed by atoms with Crippen LogP contribution in [0.4, 0.5) is 16.2 Å². The molecule has 1 aliphatic rings. The van der Waals surface area contributed by atoms with Gasteiger partial charge in [-0.2, -0.15) is 0 Å². The number of carbonyl (C=O) groups is 1. The van der Waals surface area contributed by atoms with E-state index in [1.54, 1.807) is 24.1 Å². The van der Waals surface area contributed by atoms with Gasteiger partial charge in [0.2, 0.25) is 0 Å². The SMILES string of the molecule is CCc1ccc(NC(=O)N(C)C2CCC(CO)CC2)cc1[N+](=O)[O-]. The molecule has 24 heavy (non-hydrogen) atoms. The van der Waals surface area contributed by atoms with Crippen molar-refractivity contribution in [3.63, 3.8) is 0 Å². The van der Waals surface area contributed by atoms with Gasteiger partial charge in [-0.1, -0.05) is 13.0 Å². The van der Waals surface area contributed by atoms with Crippen molar-refractivity contribution >= 4 is 17.4 Å². The summed E-state index contributed by atoms with van der Waals surface area (Å²) in [5.41, 5.74) is 1.11. The topological polar surface area (TPSA) is 95.7 Å². The van der Waals surface area contributed by atoms with E-state index in [9.17, 15) is 20.0 Å². The van der Waals surface area contributed by atoms with Crippen LogP contribution >= 0.6 is 0 Å². The third-order valence-corrected chi connectivity index (χ3v) is 4.86. The number of nitrogens with zero attached hydrogens (tertiary/aromatic N) is 2. The van der Waals surface area contributed by atoms with Gasteiger partial charge in [-0.05, 0) is 44.1 Å². The second-order valence-electron chi connectivity index (χ2n) is 6.35. The van der Waals surface area contributed by atoms with Gasteiger partial charge < -0.3 is 15.3 Å². The lowest BCUT2D eigenvalue weighted by molar-refractivity contribution is -0.385. The van der Waals surface area contributed by atoms with Crippen LogP contribution in [-0.2, 0) is 6.42 Å². The number of nitrogens with one attached hydrogen (secondary N) is 1. The maximum atomic E-state index is 12.4. The minimum absolute atomic E-state index is 0.0291. The van der Waals surface area contributed by atoms with Crippen molar-refractivity contribution in [2.24, 2.45) is 5.92 Å². The summed E-state index contributed by atoms with van der Waals surface area (Å²) in [6.45, 7) is 2.06. The van der Waals surface area contributed by atoms with Crippen molar-refractivity contribution in [3.05, 3.63) is 33.9 Å². The zero-order valence-electron chi connectivity index (χ0n) is 14.2. The number of anilines is 1. The molecule has 2 rings (SSSR count). The molecule has 0 aromatic heterocycles. The maximum Gasteiger partial charge on any atom is 0.321 e. The molecule has 0 bridgehead atoms. The lowest BCUT2D eigenvalue weighted by atomic mass is 9.86. The van der Waals surface area contributed by atoms with Crippen LogP contribution in [-0.4, -0.2) is 40.7 Å². The molecule has 0 atom stereocenters. The van der Waals surface area contributed by atoms with Crippen molar-refractivity contribution in [1.82, 2.24) is 4.90 Å². The number of hydrogen-bond donors (Lipinski definition) is 2. The van der Waals surface area contributed by atoms with Crippen LogP contribution in [0.5, 0.6) is 0 Å². The van der Waals surface area contributed by atoms with Crippen LogP contribution in [0.15, 0.2) is 18.2 Å². The Hall–Kier alpha value is -2.15. The Bertz CT molecular complexity index is 597. The number of amides is 2. The first-order valence-electron chi connectivity index (χ1n) is 8.38. The monoisotopic (exact) mass is 335 g/mol. The Balaban J connectivity index is 2.01. The number of carbonyl (C=O) groups excluding carboxylic acids is 1. The molecule has 7 nitrogen and oxygen atoms in total. The first kappa shape index (κ1) is 18.2. The number of aryl methyl sites for hydroxylation is 1. The lowest BCUT2D eigenvalue weighted by Crippen LogP contribution is -2.42. The van der Waals surface area contributed by atoms with E-state index in [-0.39, 0.29) is 24.4 Å². The number of hydrogen-bond acceptors (Lipinski definition) is 4. The summed E-state index contributed by atoms with van der Waals surface area (Å²) < 4.78 is 0. The molecule has 1 aromatic carbocycles. The average Bonchev–Trinajstić information content (AvgIpc) is 2.61. The van der Waals surface area contributed by atoms with E-state index < -0.39 is 4.92 Å². The van der Waals surface area contributed by atoms with Crippen molar-refractivity contribution in [2.75, 3.05) is 19.0 Å². The highest BCUT2D eigenvalue weighted by Crippen LogP contribution is 2.28. The van der Waals surface area contributed by atoms with E-state index in [0.29, 0.717) is 23.6 Å². The molecule has 0 aliphatic heterocycles. The van der Waals surface area contributed by atoms with Crippen LogP contribution in [0.1, 0.15) is 38.2 Å². The Morgan fingerprint density at radius 2 is 2.04 bits per heavy atom. The molecule has 1 aliphatic carbocycles. The first-order valence-corrected chi connectivity index (χ1v) is 8.38. The second-order valence-corrected chi connectivity index (χ2v) is 6.35. The van der Waals surface area contributed by atoms with Crippen LogP contribution < -0.4 is 5.32 Å². The molecule has 2 amide bonds. The number of urea groups is 1. The van der Waals surface area contributed by atoms with Crippen molar-refractivity contribution in [3.8, 4) is 0 Å².